The second kappa shape index (κ2) is 7.80. The van der Waals surface area contributed by atoms with E-state index in [2.05, 4.69) is 4.98 Å². The molecule has 1 aromatic heterocycles. The summed E-state index contributed by atoms with van der Waals surface area (Å²) in [5, 5.41) is -0.669. The fraction of sp³-hybridized carbons (Fsp3) is 0.294. The van der Waals surface area contributed by atoms with Crippen LogP contribution < -0.4 is 9.47 Å². The van der Waals surface area contributed by atoms with Gasteiger partial charge in [-0.1, -0.05) is 12.1 Å². The molecule has 1 unspecified atom stereocenters. The monoisotopic (exact) mass is 319 g/mol. The van der Waals surface area contributed by atoms with Gasteiger partial charge in [0.05, 0.1) is 13.7 Å². The van der Waals surface area contributed by atoms with E-state index in [1.165, 1.54) is 0 Å². The summed E-state index contributed by atoms with van der Waals surface area (Å²) in [5.41, 5.74) is 1.28. The molecule has 116 valence electrons. The van der Waals surface area contributed by atoms with Crippen LogP contribution >= 0.6 is 11.6 Å². The van der Waals surface area contributed by atoms with Gasteiger partial charge in [0.2, 0.25) is 0 Å². The second-order valence-electron chi connectivity index (χ2n) is 4.67. The maximum absolute atomic E-state index is 12.2. The number of methoxy groups -OCH3 is 1. The number of rotatable bonds is 7. The van der Waals surface area contributed by atoms with E-state index in [1.807, 2.05) is 25.1 Å². The minimum absolute atomic E-state index is 0.185. The molecule has 22 heavy (non-hydrogen) atoms. The number of Topliss-reactive ketones (excluding diaryl/α,β-unsaturated/α-hetero) is 1. The molecule has 2 rings (SSSR count). The smallest absolute Gasteiger partial charge is 0.199 e. The molecule has 0 aliphatic heterocycles. The summed E-state index contributed by atoms with van der Waals surface area (Å²) in [4.78, 5) is 16.3. The lowest BCUT2D eigenvalue weighted by Gasteiger charge is -2.12. The molecule has 0 fully saturated rings. The van der Waals surface area contributed by atoms with Crippen molar-refractivity contribution in [3.05, 3.63) is 53.9 Å². The number of carbonyl (C=O) groups excluding carboxylic acids is 1. The van der Waals surface area contributed by atoms with Gasteiger partial charge in [-0.05, 0) is 43.2 Å². The van der Waals surface area contributed by atoms with Gasteiger partial charge >= 0.3 is 0 Å². The number of hydrogen-bond acceptors (Lipinski definition) is 4. The van der Waals surface area contributed by atoms with E-state index in [0.717, 1.165) is 5.56 Å². The number of benzene rings is 1. The third kappa shape index (κ3) is 3.98. The lowest BCUT2D eigenvalue weighted by molar-refractivity contribution is 0.0982. The highest BCUT2D eigenvalue weighted by Gasteiger charge is 2.19. The number of aromatic nitrogens is 1. The summed E-state index contributed by atoms with van der Waals surface area (Å²) in [6, 6.07) is 10.7. The van der Waals surface area contributed by atoms with Crippen molar-refractivity contribution in [2.75, 3.05) is 13.7 Å². The lowest BCUT2D eigenvalue weighted by Crippen LogP contribution is -2.18. The summed E-state index contributed by atoms with van der Waals surface area (Å²) in [6.07, 6.45) is 1.98. The Morgan fingerprint density at radius 2 is 2.09 bits per heavy atom. The SMILES string of the molecule is CCOc1ccc(CC(Cl)C(=O)c2ccccn2)cc1OC. The Bertz CT molecular complexity index is 631. The fourth-order valence-corrected chi connectivity index (χ4v) is 2.37. The van der Waals surface area contributed by atoms with Gasteiger partial charge in [-0.3, -0.25) is 9.78 Å². The molecule has 0 bridgehead atoms. The molecule has 1 heterocycles. The molecule has 0 spiro atoms. The summed E-state index contributed by atoms with van der Waals surface area (Å²) < 4.78 is 10.8. The lowest BCUT2D eigenvalue weighted by atomic mass is 10.0. The number of carbonyl (C=O) groups is 1. The molecule has 0 aliphatic rings. The van der Waals surface area contributed by atoms with Crippen LogP contribution in [0.3, 0.4) is 0 Å². The molecule has 4 nitrogen and oxygen atoms in total. The van der Waals surface area contributed by atoms with Crippen LogP contribution in [0.4, 0.5) is 0 Å². The molecular formula is C17H18ClNO3. The largest absolute Gasteiger partial charge is 0.493 e. The normalized spacial score (nSPS) is 11.8. The fourth-order valence-electron chi connectivity index (χ4n) is 2.08. The highest BCUT2D eigenvalue weighted by Crippen LogP contribution is 2.29. The molecule has 0 aliphatic carbocycles. The number of halogens is 1. The number of alkyl halides is 1. The maximum Gasteiger partial charge on any atom is 0.199 e. The van der Waals surface area contributed by atoms with Crippen LogP contribution in [0.15, 0.2) is 42.6 Å². The predicted octanol–water partition coefficient (Wildman–Crippen LogP) is 3.52. The Hall–Kier alpha value is -2.07. The first-order valence-electron chi connectivity index (χ1n) is 7.04. The van der Waals surface area contributed by atoms with Crippen molar-refractivity contribution in [2.45, 2.75) is 18.7 Å². The van der Waals surface area contributed by atoms with E-state index in [0.29, 0.717) is 30.2 Å². The molecule has 1 aromatic carbocycles. The first-order valence-corrected chi connectivity index (χ1v) is 7.48. The zero-order chi connectivity index (χ0) is 15.9. The van der Waals surface area contributed by atoms with Crippen LogP contribution in [-0.4, -0.2) is 29.9 Å². The number of nitrogens with zero attached hydrogens (tertiary/aromatic N) is 1. The van der Waals surface area contributed by atoms with Gasteiger partial charge in [-0.2, -0.15) is 0 Å². The van der Waals surface area contributed by atoms with Crippen LogP contribution in [0.25, 0.3) is 0 Å². The first-order chi connectivity index (χ1) is 10.7. The Morgan fingerprint density at radius 3 is 2.73 bits per heavy atom. The topological polar surface area (TPSA) is 48.4 Å². The standard InChI is InChI=1S/C17H18ClNO3/c1-3-22-15-8-7-12(11-16(15)21-2)10-13(18)17(20)14-6-4-5-9-19-14/h4-9,11,13H,3,10H2,1-2H3. The third-order valence-corrected chi connectivity index (χ3v) is 3.50. The molecule has 0 saturated heterocycles. The van der Waals surface area contributed by atoms with Crippen LogP contribution in [0.1, 0.15) is 23.0 Å². The Kier molecular flexibility index (Phi) is 5.78. The highest BCUT2D eigenvalue weighted by atomic mass is 35.5. The third-order valence-electron chi connectivity index (χ3n) is 3.14. The van der Waals surface area contributed by atoms with Crippen LogP contribution in [-0.2, 0) is 6.42 Å². The van der Waals surface area contributed by atoms with Crippen molar-refractivity contribution < 1.29 is 14.3 Å². The molecule has 1 atom stereocenters. The first kappa shape index (κ1) is 16.3. The minimum atomic E-state index is -0.669. The molecule has 0 amide bonds. The van der Waals surface area contributed by atoms with Crippen LogP contribution in [0.2, 0.25) is 0 Å². The zero-order valence-corrected chi connectivity index (χ0v) is 13.3. The summed E-state index contributed by atoms with van der Waals surface area (Å²) in [7, 11) is 1.58. The van der Waals surface area contributed by atoms with Crippen LogP contribution in [0, 0.1) is 0 Å². The number of hydrogen-bond donors (Lipinski definition) is 0. The number of pyridine rings is 1. The van der Waals surface area contributed by atoms with E-state index in [4.69, 9.17) is 21.1 Å². The van der Waals surface area contributed by atoms with Gasteiger partial charge in [0.15, 0.2) is 17.3 Å². The summed E-state index contributed by atoms with van der Waals surface area (Å²) >= 11 is 6.24. The number of ketones is 1. The predicted molar refractivity (Wildman–Crippen MR) is 86.1 cm³/mol. The molecule has 0 saturated carbocycles. The van der Waals surface area contributed by atoms with E-state index < -0.39 is 5.38 Å². The molecule has 0 N–H and O–H groups in total. The average molecular weight is 320 g/mol. The van der Waals surface area contributed by atoms with Crippen molar-refractivity contribution >= 4 is 17.4 Å². The Balaban J connectivity index is 2.11. The second-order valence-corrected chi connectivity index (χ2v) is 5.20. The van der Waals surface area contributed by atoms with E-state index in [9.17, 15) is 4.79 Å². The quantitative estimate of drug-likeness (QED) is 0.578. The van der Waals surface area contributed by atoms with Gasteiger partial charge in [-0.15, -0.1) is 11.6 Å². The average Bonchev–Trinajstić information content (AvgIpc) is 2.56. The molecule has 0 radical (unpaired) electrons. The summed E-state index contributed by atoms with van der Waals surface area (Å²) in [5.74, 6) is 1.12. The van der Waals surface area contributed by atoms with E-state index in [1.54, 1.807) is 31.5 Å². The summed E-state index contributed by atoms with van der Waals surface area (Å²) in [6.45, 7) is 2.47. The minimum Gasteiger partial charge on any atom is -0.493 e. The molecule has 2 aromatic rings. The van der Waals surface area contributed by atoms with E-state index >= 15 is 0 Å². The number of ether oxygens (including phenoxy) is 2. The maximum atomic E-state index is 12.2. The van der Waals surface area contributed by atoms with Gasteiger partial charge in [-0.25, -0.2) is 0 Å². The van der Waals surface area contributed by atoms with Gasteiger partial charge in [0.1, 0.15) is 11.1 Å². The van der Waals surface area contributed by atoms with Crippen LogP contribution in [0.5, 0.6) is 11.5 Å². The van der Waals surface area contributed by atoms with Gasteiger partial charge < -0.3 is 9.47 Å². The van der Waals surface area contributed by atoms with Crippen molar-refractivity contribution in [3.8, 4) is 11.5 Å². The van der Waals surface area contributed by atoms with Crippen molar-refractivity contribution in [1.29, 1.82) is 0 Å². The van der Waals surface area contributed by atoms with Crippen molar-refractivity contribution in [3.63, 3.8) is 0 Å². The van der Waals surface area contributed by atoms with Crippen molar-refractivity contribution in [2.24, 2.45) is 0 Å². The van der Waals surface area contributed by atoms with E-state index in [-0.39, 0.29) is 5.78 Å². The molecular weight excluding hydrogens is 302 g/mol. The Labute approximate surface area is 135 Å². The molecule has 5 heteroatoms. The highest BCUT2D eigenvalue weighted by molar-refractivity contribution is 6.33. The Morgan fingerprint density at radius 1 is 1.27 bits per heavy atom. The zero-order valence-electron chi connectivity index (χ0n) is 12.6. The van der Waals surface area contributed by atoms with Gasteiger partial charge in [0.25, 0.3) is 0 Å². The van der Waals surface area contributed by atoms with Crippen molar-refractivity contribution in [1.82, 2.24) is 4.98 Å². The van der Waals surface area contributed by atoms with Gasteiger partial charge in [0, 0.05) is 6.20 Å².